The SMILES string of the molecule is CCCNCc1ncoc1-c1cc(Br)cc(Br)c1. The molecular weight excluding hydrogens is 360 g/mol. The van der Waals surface area contributed by atoms with Crippen molar-refractivity contribution in [1.29, 1.82) is 0 Å². The summed E-state index contributed by atoms with van der Waals surface area (Å²) in [5, 5.41) is 3.33. The molecule has 5 heteroatoms. The van der Waals surface area contributed by atoms with Crippen molar-refractivity contribution in [3.8, 4) is 11.3 Å². The van der Waals surface area contributed by atoms with E-state index in [0.717, 1.165) is 45.5 Å². The van der Waals surface area contributed by atoms with Crippen LogP contribution in [-0.2, 0) is 6.54 Å². The molecule has 0 unspecified atom stereocenters. The highest BCUT2D eigenvalue weighted by Gasteiger charge is 2.11. The molecule has 1 aromatic carbocycles. The summed E-state index contributed by atoms with van der Waals surface area (Å²) in [6.45, 7) is 3.85. The molecule has 0 bridgehead atoms. The first-order valence-electron chi connectivity index (χ1n) is 5.80. The summed E-state index contributed by atoms with van der Waals surface area (Å²) >= 11 is 6.96. The molecular formula is C13H14Br2N2O. The predicted octanol–water partition coefficient (Wildman–Crippen LogP) is 4.37. The molecule has 3 nitrogen and oxygen atoms in total. The maximum Gasteiger partial charge on any atom is 0.181 e. The number of hydrogen-bond donors (Lipinski definition) is 1. The molecule has 0 radical (unpaired) electrons. The Labute approximate surface area is 123 Å². The highest BCUT2D eigenvalue weighted by Crippen LogP contribution is 2.29. The molecule has 2 rings (SSSR count). The fourth-order valence-corrected chi connectivity index (χ4v) is 2.99. The second kappa shape index (κ2) is 6.50. The Hall–Kier alpha value is -0.650. The summed E-state index contributed by atoms with van der Waals surface area (Å²) in [7, 11) is 0. The number of halogens is 2. The van der Waals surface area contributed by atoms with Gasteiger partial charge < -0.3 is 9.73 Å². The molecule has 96 valence electrons. The summed E-state index contributed by atoms with van der Waals surface area (Å²) in [5.41, 5.74) is 1.95. The Balaban J connectivity index is 2.24. The zero-order chi connectivity index (χ0) is 13.0. The van der Waals surface area contributed by atoms with E-state index in [0.29, 0.717) is 0 Å². The Morgan fingerprint density at radius 3 is 2.61 bits per heavy atom. The third-order valence-electron chi connectivity index (χ3n) is 2.49. The van der Waals surface area contributed by atoms with Gasteiger partial charge in [0.1, 0.15) is 5.69 Å². The van der Waals surface area contributed by atoms with Crippen molar-refractivity contribution in [3.05, 3.63) is 39.2 Å². The van der Waals surface area contributed by atoms with Crippen molar-refractivity contribution < 1.29 is 4.42 Å². The number of oxazole rings is 1. The van der Waals surface area contributed by atoms with Gasteiger partial charge in [0.25, 0.3) is 0 Å². The molecule has 18 heavy (non-hydrogen) atoms. The predicted molar refractivity (Wildman–Crippen MR) is 79.3 cm³/mol. The Morgan fingerprint density at radius 1 is 1.22 bits per heavy atom. The van der Waals surface area contributed by atoms with E-state index in [2.05, 4.69) is 49.1 Å². The van der Waals surface area contributed by atoms with Crippen LogP contribution in [0.2, 0.25) is 0 Å². The lowest BCUT2D eigenvalue weighted by molar-refractivity contribution is 0.569. The normalized spacial score (nSPS) is 10.8. The lowest BCUT2D eigenvalue weighted by Gasteiger charge is -2.04. The van der Waals surface area contributed by atoms with Crippen LogP contribution < -0.4 is 5.32 Å². The average molecular weight is 374 g/mol. The summed E-state index contributed by atoms with van der Waals surface area (Å²) in [6, 6.07) is 6.04. The Bertz CT molecular complexity index is 505. The van der Waals surface area contributed by atoms with Crippen LogP contribution >= 0.6 is 31.9 Å². The highest BCUT2D eigenvalue weighted by atomic mass is 79.9. The van der Waals surface area contributed by atoms with Crippen LogP contribution in [0.1, 0.15) is 19.0 Å². The number of benzene rings is 1. The van der Waals surface area contributed by atoms with Crippen molar-refractivity contribution in [2.24, 2.45) is 0 Å². The summed E-state index contributed by atoms with van der Waals surface area (Å²) in [4.78, 5) is 4.26. The smallest absolute Gasteiger partial charge is 0.181 e. The van der Waals surface area contributed by atoms with Gasteiger partial charge in [-0.2, -0.15) is 0 Å². The molecule has 0 spiro atoms. The van der Waals surface area contributed by atoms with Crippen LogP contribution in [0.25, 0.3) is 11.3 Å². The van der Waals surface area contributed by atoms with Crippen LogP contribution in [0.4, 0.5) is 0 Å². The molecule has 1 N–H and O–H groups in total. The van der Waals surface area contributed by atoms with Gasteiger partial charge >= 0.3 is 0 Å². The quantitative estimate of drug-likeness (QED) is 0.791. The minimum Gasteiger partial charge on any atom is -0.443 e. The zero-order valence-corrected chi connectivity index (χ0v) is 13.2. The molecule has 0 amide bonds. The monoisotopic (exact) mass is 372 g/mol. The van der Waals surface area contributed by atoms with Gasteiger partial charge in [-0.1, -0.05) is 38.8 Å². The van der Waals surface area contributed by atoms with E-state index in [1.54, 1.807) is 0 Å². The van der Waals surface area contributed by atoms with Crippen molar-refractivity contribution in [2.45, 2.75) is 19.9 Å². The second-order valence-corrected chi connectivity index (χ2v) is 5.79. The molecule has 0 atom stereocenters. The average Bonchev–Trinajstić information content (AvgIpc) is 2.76. The maximum absolute atomic E-state index is 5.50. The first kappa shape index (κ1) is 13.8. The highest BCUT2D eigenvalue weighted by molar-refractivity contribution is 9.11. The van der Waals surface area contributed by atoms with E-state index in [4.69, 9.17) is 4.42 Å². The third kappa shape index (κ3) is 3.43. The largest absolute Gasteiger partial charge is 0.443 e. The van der Waals surface area contributed by atoms with E-state index < -0.39 is 0 Å². The van der Waals surface area contributed by atoms with E-state index in [9.17, 15) is 0 Å². The van der Waals surface area contributed by atoms with Crippen molar-refractivity contribution in [2.75, 3.05) is 6.54 Å². The number of rotatable bonds is 5. The topological polar surface area (TPSA) is 38.1 Å². The molecule has 0 aliphatic heterocycles. The lowest BCUT2D eigenvalue weighted by atomic mass is 10.1. The van der Waals surface area contributed by atoms with Gasteiger partial charge in [-0.15, -0.1) is 0 Å². The van der Waals surface area contributed by atoms with E-state index in [1.165, 1.54) is 6.39 Å². The Kier molecular flexibility index (Phi) is 4.97. The molecule has 0 fully saturated rings. The zero-order valence-electron chi connectivity index (χ0n) is 10.0. The second-order valence-electron chi connectivity index (χ2n) is 3.96. The maximum atomic E-state index is 5.50. The molecule has 1 aromatic heterocycles. The molecule has 1 heterocycles. The Morgan fingerprint density at radius 2 is 1.94 bits per heavy atom. The van der Waals surface area contributed by atoms with Crippen LogP contribution in [0, 0.1) is 0 Å². The van der Waals surface area contributed by atoms with Gasteiger partial charge in [-0.3, -0.25) is 0 Å². The van der Waals surface area contributed by atoms with Crippen LogP contribution in [0.5, 0.6) is 0 Å². The molecule has 2 aromatic rings. The summed E-state index contributed by atoms with van der Waals surface area (Å²) < 4.78 is 7.52. The van der Waals surface area contributed by atoms with E-state index in [-0.39, 0.29) is 0 Å². The van der Waals surface area contributed by atoms with Gasteiger partial charge in [0.2, 0.25) is 0 Å². The van der Waals surface area contributed by atoms with Gasteiger partial charge in [0, 0.05) is 21.1 Å². The number of aromatic nitrogens is 1. The van der Waals surface area contributed by atoms with E-state index >= 15 is 0 Å². The summed E-state index contributed by atoms with van der Waals surface area (Å²) in [6.07, 6.45) is 2.60. The molecule has 0 aliphatic carbocycles. The number of nitrogens with one attached hydrogen (secondary N) is 1. The first-order chi connectivity index (χ1) is 8.70. The third-order valence-corrected chi connectivity index (χ3v) is 3.40. The van der Waals surface area contributed by atoms with Crippen molar-refractivity contribution >= 4 is 31.9 Å². The molecule has 0 saturated heterocycles. The molecule has 0 aliphatic rings. The minimum atomic E-state index is 0.726. The van der Waals surface area contributed by atoms with Crippen LogP contribution in [0.15, 0.2) is 38.0 Å². The minimum absolute atomic E-state index is 0.726. The molecule has 0 saturated carbocycles. The van der Waals surface area contributed by atoms with Gasteiger partial charge in [0.05, 0.1) is 0 Å². The fourth-order valence-electron chi connectivity index (χ4n) is 1.70. The van der Waals surface area contributed by atoms with Gasteiger partial charge in [0.15, 0.2) is 12.2 Å². The van der Waals surface area contributed by atoms with Crippen LogP contribution in [0.3, 0.4) is 0 Å². The standard InChI is InChI=1S/C13H14Br2N2O/c1-2-3-16-7-12-13(18-8-17-12)9-4-10(14)6-11(15)5-9/h4-6,8,16H,2-3,7H2,1H3. The van der Waals surface area contributed by atoms with Gasteiger partial charge in [-0.05, 0) is 31.2 Å². The number of hydrogen-bond acceptors (Lipinski definition) is 3. The fraction of sp³-hybridized carbons (Fsp3) is 0.308. The van der Waals surface area contributed by atoms with Gasteiger partial charge in [-0.25, -0.2) is 4.98 Å². The lowest BCUT2D eigenvalue weighted by Crippen LogP contribution is -2.14. The number of nitrogens with zero attached hydrogens (tertiary/aromatic N) is 1. The van der Waals surface area contributed by atoms with E-state index in [1.807, 2.05) is 18.2 Å². The summed E-state index contributed by atoms with van der Waals surface area (Å²) in [5.74, 6) is 0.820. The van der Waals surface area contributed by atoms with Crippen molar-refractivity contribution in [1.82, 2.24) is 10.3 Å². The van der Waals surface area contributed by atoms with Crippen LogP contribution in [-0.4, -0.2) is 11.5 Å². The first-order valence-corrected chi connectivity index (χ1v) is 7.39. The van der Waals surface area contributed by atoms with Crippen molar-refractivity contribution in [3.63, 3.8) is 0 Å².